The minimum absolute atomic E-state index is 0.0285. The summed E-state index contributed by atoms with van der Waals surface area (Å²) in [5, 5.41) is 0.954. The SMILES string of the molecule is COc1ccc(-n2c(C(C)N(C)C(=O)C(C)C)nc3cc(Cl)ccc3c2=O)cc1. The van der Waals surface area contributed by atoms with E-state index < -0.39 is 6.04 Å². The first-order chi connectivity index (χ1) is 13.7. The second-order valence-corrected chi connectivity index (χ2v) is 7.69. The summed E-state index contributed by atoms with van der Waals surface area (Å²) in [6, 6.07) is 11.7. The number of rotatable bonds is 5. The van der Waals surface area contributed by atoms with E-state index in [1.807, 2.05) is 20.8 Å². The molecule has 1 atom stereocenters. The van der Waals surface area contributed by atoms with E-state index >= 15 is 0 Å². The quantitative estimate of drug-likeness (QED) is 0.628. The molecule has 0 aliphatic carbocycles. The number of halogens is 1. The van der Waals surface area contributed by atoms with Gasteiger partial charge in [-0.15, -0.1) is 0 Å². The number of carbonyl (C=O) groups is 1. The van der Waals surface area contributed by atoms with Crippen molar-refractivity contribution in [1.82, 2.24) is 14.5 Å². The number of carbonyl (C=O) groups excluding carboxylic acids is 1. The molecule has 3 rings (SSSR count). The van der Waals surface area contributed by atoms with Crippen LogP contribution in [0.2, 0.25) is 5.02 Å². The molecule has 3 aromatic rings. The minimum Gasteiger partial charge on any atom is -0.497 e. The van der Waals surface area contributed by atoms with Crippen molar-refractivity contribution >= 4 is 28.4 Å². The van der Waals surface area contributed by atoms with Crippen molar-refractivity contribution in [1.29, 1.82) is 0 Å². The van der Waals surface area contributed by atoms with Gasteiger partial charge in [-0.05, 0) is 49.4 Å². The Hall–Kier alpha value is -2.86. The molecule has 29 heavy (non-hydrogen) atoms. The Morgan fingerprint density at radius 1 is 1.14 bits per heavy atom. The van der Waals surface area contributed by atoms with Crippen LogP contribution in [-0.2, 0) is 4.79 Å². The Morgan fingerprint density at radius 2 is 1.79 bits per heavy atom. The van der Waals surface area contributed by atoms with Crippen molar-refractivity contribution in [2.45, 2.75) is 26.8 Å². The highest BCUT2D eigenvalue weighted by molar-refractivity contribution is 6.31. The molecule has 152 valence electrons. The number of hydrogen-bond donors (Lipinski definition) is 0. The number of methoxy groups -OCH3 is 1. The van der Waals surface area contributed by atoms with Gasteiger partial charge in [-0.3, -0.25) is 14.2 Å². The zero-order chi connectivity index (χ0) is 21.3. The van der Waals surface area contributed by atoms with Gasteiger partial charge in [0.2, 0.25) is 5.91 Å². The van der Waals surface area contributed by atoms with Gasteiger partial charge in [-0.1, -0.05) is 25.4 Å². The van der Waals surface area contributed by atoms with Crippen LogP contribution in [0.4, 0.5) is 0 Å². The molecule has 7 heteroatoms. The van der Waals surface area contributed by atoms with Crippen molar-refractivity contribution in [3.63, 3.8) is 0 Å². The van der Waals surface area contributed by atoms with Gasteiger partial charge in [0.15, 0.2) is 0 Å². The molecule has 1 aromatic heterocycles. The summed E-state index contributed by atoms with van der Waals surface area (Å²) in [6.07, 6.45) is 0. The largest absolute Gasteiger partial charge is 0.497 e. The summed E-state index contributed by atoms with van der Waals surface area (Å²) in [7, 11) is 3.31. The topological polar surface area (TPSA) is 64.4 Å². The number of nitrogens with zero attached hydrogens (tertiary/aromatic N) is 3. The average Bonchev–Trinajstić information content (AvgIpc) is 2.71. The molecule has 6 nitrogen and oxygen atoms in total. The van der Waals surface area contributed by atoms with E-state index in [4.69, 9.17) is 21.3 Å². The van der Waals surface area contributed by atoms with Crippen LogP contribution < -0.4 is 10.3 Å². The van der Waals surface area contributed by atoms with E-state index in [-0.39, 0.29) is 17.4 Å². The zero-order valence-electron chi connectivity index (χ0n) is 17.1. The first kappa shape index (κ1) is 20.9. The number of fused-ring (bicyclic) bond motifs is 1. The molecule has 1 heterocycles. The maximum atomic E-state index is 13.4. The molecule has 0 radical (unpaired) electrons. The lowest BCUT2D eigenvalue weighted by Gasteiger charge is -2.28. The van der Waals surface area contributed by atoms with Crippen molar-refractivity contribution < 1.29 is 9.53 Å². The van der Waals surface area contributed by atoms with Crippen LogP contribution in [0.3, 0.4) is 0 Å². The number of amides is 1. The van der Waals surface area contributed by atoms with E-state index in [0.29, 0.717) is 33.2 Å². The molecule has 0 bridgehead atoms. The lowest BCUT2D eigenvalue weighted by atomic mass is 10.1. The third kappa shape index (κ3) is 3.98. The molecule has 0 aliphatic heterocycles. The molecule has 1 unspecified atom stereocenters. The van der Waals surface area contributed by atoms with Gasteiger partial charge in [0.1, 0.15) is 11.6 Å². The number of hydrogen-bond acceptors (Lipinski definition) is 4. The summed E-state index contributed by atoms with van der Waals surface area (Å²) in [5.74, 6) is 0.952. The maximum absolute atomic E-state index is 13.4. The van der Waals surface area contributed by atoms with Crippen molar-refractivity contribution in [3.05, 3.63) is 63.7 Å². The van der Waals surface area contributed by atoms with E-state index in [9.17, 15) is 9.59 Å². The van der Waals surface area contributed by atoms with E-state index in [1.54, 1.807) is 66.1 Å². The number of aromatic nitrogens is 2. The van der Waals surface area contributed by atoms with Gasteiger partial charge in [0.05, 0.1) is 29.7 Å². The van der Waals surface area contributed by atoms with Gasteiger partial charge in [-0.2, -0.15) is 0 Å². The second kappa shape index (κ2) is 8.25. The summed E-state index contributed by atoms with van der Waals surface area (Å²) >= 11 is 6.12. The minimum atomic E-state index is -0.428. The maximum Gasteiger partial charge on any atom is 0.266 e. The van der Waals surface area contributed by atoms with Gasteiger partial charge in [-0.25, -0.2) is 4.98 Å². The molecule has 0 saturated carbocycles. The molecular weight excluding hydrogens is 390 g/mol. The van der Waals surface area contributed by atoms with Crippen LogP contribution in [0.25, 0.3) is 16.6 Å². The molecule has 0 N–H and O–H groups in total. The zero-order valence-corrected chi connectivity index (χ0v) is 17.9. The summed E-state index contributed by atoms with van der Waals surface area (Å²) < 4.78 is 6.77. The van der Waals surface area contributed by atoms with E-state index in [2.05, 4.69) is 0 Å². The fraction of sp³-hybridized carbons (Fsp3) is 0.318. The third-order valence-corrected chi connectivity index (χ3v) is 5.22. The van der Waals surface area contributed by atoms with Crippen molar-refractivity contribution in [2.24, 2.45) is 5.92 Å². The van der Waals surface area contributed by atoms with E-state index in [0.717, 1.165) is 0 Å². The molecule has 0 spiro atoms. The Kier molecular flexibility index (Phi) is 5.94. The Balaban J connectivity index is 2.27. The smallest absolute Gasteiger partial charge is 0.266 e. The van der Waals surface area contributed by atoms with Crippen molar-refractivity contribution in [2.75, 3.05) is 14.2 Å². The van der Waals surface area contributed by atoms with Gasteiger partial charge >= 0.3 is 0 Å². The lowest BCUT2D eigenvalue weighted by molar-refractivity contribution is -0.135. The van der Waals surface area contributed by atoms with Gasteiger partial charge in [0, 0.05) is 18.0 Å². The van der Waals surface area contributed by atoms with E-state index in [1.165, 1.54) is 0 Å². The predicted octanol–water partition coefficient (Wildman–Crippen LogP) is 4.22. The van der Waals surface area contributed by atoms with Gasteiger partial charge in [0.25, 0.3) is 5.56 Å². The third-order valence-electron chi connectivity index (χ3n) is 4.98. The lowest BCUT2D eigenvalue weighted by Crippen LogP contribution is -2.36. The highest BCUT2D eigenvalue weighted by Crippen LogP contribution is 2.25. The summed E-state index contributed by atoms with van der Waals surface area (Å²) in [6.45, 7) is 5.55. The summed E-state index contributed by atoms with van der Waals surface area (Å²) in [4.78, 5) is 32.3. The Bertz CT molecular complexity index is 1110. The number of benzene rings is 2. The van der Waals surface area contributed by atoms with Gasteiger partial charge < -0.3 is 9.64 Å². The molecule has 0 fully saturated rings. The highest BCUT2D eigenvalue weighted by atomic mass is 35.5. The van der Waals surface area contributed by atoms with Crippen LogP contribution in [0, 0.1) is 5.92 Å². The standard InChI is InChI=1S/C22H24ClN3O3/c1-13(2)21(27)25(4)14(3)20-24-19-12-15(23)6-11-18(19)22(28)26(20)16-7-9-17(29-5)10-8-16/h6-14H,1-5H3. The first-order valence-electron chi connectivity index (χ1n) is 9.38. The molecule has 1 amide bonds. The average molecular weight is 414 g/mol. The molecule has 2 aromatic carbocycles. The monoisotopic (exact) mass is 413 g/mol. The number of ether oxygens (including phenoxy) is 1. The normalized spacial score (nSPS) is 12.2. The van der Waals surface area contributed by atoms with Crippen LogP contribution in [0.1, 0.15) is 32.6 Å². The second-order valence-electron chi connectivity index (χ2n) is 7.25. The Morgan fingerprint density at radius 3 is 2.38 bits per heavy atom. The summed E-state index contributed by atoms with van der Waals surface area (Å²) in [5.41, 5.74) is 0.927. The fourth-order valence-corrected chi connectivity index (χ4v) is 3.37. The Labute approximate surface area is 174 Å². The molecule has 0 saturated heterocycles. The predicted molar refractivity (Wildman–Crippen MR) is 115 cm³/mol. The van der Waals surface area contributed by atoms with Crippen LogP contribution in [-0.4, -0.2) is 34.5 Å². The van der Waals surface area contributed by atoms with Crippen LogP contribution >= 0.6 is 11.6 Å². The first-order valence-corrected chi connectivity index (χ1v) is 9.75. The molecule has 0 aliphatic rings. The van der Waals surface area contributed by atoms with Crippen LogP contribution in [0.15, 0.2) is 47.3 Å². The highest BCUT2D eigenvalue weighted by Gasteiger charge is 2.25. The van der Waals surface area contributed by atoms with Crippen LogP contribution in [0.5, 0.6) is 5.75 Å². The molecular formula is C22H24ClN3O3. The van der Waals surface area contributed by atoms with Crippen molar-refractivity contribution in [3.8, 4) is 11.4 Å². The fourth-order valence-electron chi connectivity index (χ4n) is 3.21.